The highest BCUT2D eigenvalue weighted by Gasteiger charge is 2.43. The van der Waals surface area contributed by atoms with Crippen LogP contribution in [0.4, 0.5) is 0 Å². The molecular formula is C8H12O7S. The lowest BCUT2D eigenvalue weighted by Gasteiger charge is -2.24. The van der Waals surface area contributed by atoms with Crippen molar-refractivity contribution in [1.29, 1.82) is 0 Å². The largest absolute Gasteiger partial charge is 0.481 e. The molecule has 0 saturated heterocycles. The molecule has 8 heteroatoms. The van der Waals surface area contributed by atoms with Crippen LogP contribution in [0, 0.1) is 5.41 Å². The van der Waals surface area contributed by atoms with Crippen LogP contribution < -0.4 is 0 Å². The fraction of sp³-hybridized carbons (Fsp3) is 0.500. The molecule has 16 heavy (non-hydrogen) atoms. The van der Waals surface area contributed by atoms with Crippen molar-refractivity contribution in [3.8, 4) is 0 Å². The van der Waals surface area contributed by atoms with Crippen LogP contribution in [0.3, 0.4) is 0 Å². The first-order valence-corrected chi connectivity index (χ1v) is 5.75. The Morgan fingerprint density at radius 3 is 2.06 bits per heavy atom. The van der Waals surface area contributed by atoms with Gasteiger partial charge in [0.05, 0.1) is 17.6 Å². The second kappa shape index (κ2) is 5.08. The third kappa shape index (κ3) is 4.41. The van der Waals surface area contributed by atoms with Gasteiger partial charge < -0.3 is 10.2 Å². The molecule has 0 fully saturated rings. The van der Waals surface area contributed by atoms with Crippen molar-refractivity contribution in [2.75, 3.05) is 5.75 Å². The average Bonchev–Trinajstić information content (AvgIpc) is 1.98. The van der Waals surface area contributed by atoms with E-state index in [4.69, 9.17) is 14.8 Å². The Balaban J connectivity index is 5.32. The van der Waals surface area contributed by atoms with E-state index in [1.165, 1.54) is 0 Å². The summed E-state index contributed by atoms with van der Waals surface area (Å²) < 4.78 is 30.0. The van der Waals surface area contributed by atoms with E-state index >= 15 is 0 Å². The van der Waals surface area contributed by atoms with Crippen LogP contribution in [0.5, 0.6) is 0 Å². The molecule has 0 radical (unpaired) electrons. The summed E-state index contributed by atoms with van der Waals surface area (Å²) in [6.07, 6.45) is -0.176. The summed E-state index contributed by atoms with van der Waals surface area (Å²) in [7, 11) is -4.59. The number of hydrogen-bond donors (Lipinski definition) is 3. The normalized spacial score (nSPS) is 15.1. The van der Waals surface area contributed by atoms with Gasteiger partial charge in [-0.15, -0.1) is 6.58 Å². The van der Waals surface area contributed by atoms with E-state index < -0.39 is 39.6 Å². The molecule has 0 rings (SSSR count). The predicted octanol–water partition coefficient (Wildman–Crippen LogP) is -0.00400. The van der Waals surface area contributed by atoms with Crippen LogP contribution in [0.15, 0.2) is 12.7 Å². The zero-order valence-electron chi connectivity index (χ0n) is 8.29. The minimum Gasteiger partial charge on any atom is -0.481 e. The first-order chi connectivity index (χ1) is 7.13. The second-order valence-electron chi connectivity index (χ2n) is 3.38. The van der Waals surface area contributed by atoms with Crippen LogP contribution in [0.2, 0.25) is 0 Å². The molecule has 1 atom stereocenters. The monoisotopic (exact) mass is 252 g/mol. The minimum absolute atomic E-state index is 0.367. The fourth-order valence-electron chi connectivity index (χ4n) is 1.32. The van der Waals surface area contributed by atoms with E-state index in [0.29, 0.717) is 0 Å². The van der Waals surface area contributed by atoms with Crippen molar-refractivity contribution < 1.29 is 32.8 Å². The van der Waals surface area contributed by atoms with Crippen molar-refractivity contribution in [2.24, 2.45) is 5.41 Å². The van der Waals surface area contributed by atoms with Gasteiger partial charge in [0.2, 0.25) is 0 Å². The van der Waals surface area contributed by atoms with E-state index in [-0.39, 0.29) is 6.42 Å². The molecule has 0 aromatic heterocycles. The predicted molar refractivity (Wildman–Crippen MR) is 53.6 cm³/mol. The van der Waals surface area contributed by atoms with Gasteiger partial charge in [-0.25, -0.2) is 0 Å². The van der Waals surface area contributed by atoms with Gasteiger partial charge in [0.15, 0.2) is 0 Å². The average molecular weight is 252 g/mol. The first kappa shape index (κ1) is 14.6. The standard InChI is InChI=1S/C8H12O7S/c1-2-3-8(7(11)12,4-6(9)10)5-16(13,14)15/h2H,1,3-5H2,(H,9,10)(H,11,12)(H,13,14,15). The quantitative estimate of drug-likeness (QED) is 0.429. The van der Waals surface area contributed by atoms with Gasteiger partial charge in [-0.05, 0) is 6.42 Å². The zero-order valence-corrected chi connectivity index (χ0v) is 9.11. The highest BCUT2D eigenvalue weighted by molar-refractivity contribution is 7.85. The smallest absolute Gasteiger partial charge is 0.311 e. The van der Waals surface area contributed by atoms with E-state index in [1.807, 2.05) is 0 Å². The Bertz CT molecular complexity index is 397. The number of hydrogen-bond acceptors (Lipinski definition) is 4. The topological polar surface area (TPSA) is 129 Å². The van der Waals surface area contributed by atoms with Gasteiger partial charge >= 0.3 is 11.9 Å². The summed E-state index contributed by atoms with van der Waals surface area (Å²) in [5, 5.41) is 17.4. The molecule has 92 valence electrons. The summed E-state index contributed by atoms with van der Waals surface area (Å²) in [6, 6.07) is 0. The van der Waals surface area contributed by atoms with Crippen LogP contribution in [0.25, 0.3) is 0 Å². The molecule has 7 nitrogen and oxygen atoms in total. The molecule has 0 aromatic rings. The van der Waals surface area contributed by atoms with E-state index in [9.17, 15) is 18.0 Å². The van der Waals surface area contributed by atoms with Gasteiger partial charge in [-0.3, -0.25) is 14.1 Å². The van der Waals surface area contributed by atoms with Gasteiger partial charge in [0, 0.05) is 0 Å². The van der Waals surface area contributed by atoms with Gasteiger partial charge in [0.25, 0.3) is 10.1 Å². The number of carbonyl (C=O) groups is 2. The lowest BCUT2D eigenvalue weighted by Crippen LogP contribution is -2.39. The summed E-state index contributed by atoms with van der Waals surface area (Å²) in [4.78, 5) is 21.4. The van der Waals surface area contributed by atoms with Crippen LogP contribution >= 0.6 is 0 Å². The van der Waals surface area contributed by atoms with Gasteiger partial charge in [-0.1, -0.05) is 6.08 Å². The molecule has 0 aliphatic rings. The third-order valence-electron chi connectivity index (χ3n) is 1.94. The Morgan fingerprint density at radius 2 is 1.81 bits per heavy atom. The maximum absolute atomic E-state index is 10.9. The van der Waals surface area contributed by atoms with Crippen LogP contribution in [0.1, 0.15) is 12.8 Å². The number of allylic oxidation sites excluding steroid dienone is 1. The molecule has 0 spiro atoms. The summed E-state index contributed by atoms with van der Waals surface area (Å²) in [5.41, 5.74) is -2.08. The molecule has 0 aromatic carbocycles. The molecule has 0 heterocycles. The Hall–Kier alpha value is -1.41. The van der Waals surface area contributed by atoms with Crippen LogP contribution in [-0.4, -0.2) is 40.9 Å². The molecule has 0 saturated carbocycles. The van der Waals surface area contributed by atoms with Crippen molar-refractivity contribution >= 4 is 22.1 Å². The third-order valence-corrected chi connectivity index (χ3v) is 2.85. The van der Waals surface area contributed by atoms with Gasteiger partial charge in [-0.2, -0.15) is 8.42 Å². The summed E-state index contributed by atoms with van der Waals surface area (Å²) >= 11 is 0. The molecule has 3 N–H and O–H groups in total. The van der Waals surface area contributed by atoms with E-state index in [1.54, 1.807) is 0 Å². The second-order valence-corrected chi connectivity index (χ2v) is 4.83. The SMILES string of the molecule is C=CCC(CC(=O)O)(CS(=O)(=O)O)C(=O)O. The highest BCUT2D eigenvalue weighted by atomic mass is 32.2. The number of aliphatic carboxylic acids is 2. The highest BCUT2D eigenvalue weighted by Crippen LogP contribution is 2.29. The van der Waals surface area contributed by atoms with E-state index in [0.717, 1.165) is 6.08 Å². The van der Waals surface area contributed by atoms with Crippen molar-refractivity contribution in [3.05, 3.63) is 12.7 Å². The molecule has 0 aliphatic carbocycles. The summed E-state index contributed by atoms with van der Waals surface area (Å²) in [5.74, 6) is -4.23. The number of carboxylic acids is 2. The molecule has 0 amide bonds. The zero-order chi connectivity index (χ0) is 13.0. The Labute approximate surface area is 92.1 Å². The lowest BCUT2D eigenvalue weighted by molar-refractivity contribution is -0.154. The maximum atomic E-state index is 10.9. The molecule has 0 aliphatic heterocycles. The lowest BCUT2D eigenvalue weighted by atomic mass is 9.83. The number of carboxylic acid groups (broad SMARTS) is 2. The summed E-state index contributed by atoms with van der Waals surface area (Å²) in [6.45, 7) is 3.23. The molecule has 0 bridgehead atoms. The molecule has 1 unspecified atom stereocenters. The Kier molecular flexibility index (Phi) is 4.63. The molecular weight excluding hydrogens is 240 g/mol. The van der Waals surface area contributed by atoms with Crippen molar-refractivity contribution in [1.82, 2.24) is 0 Å². The van der Waals surface area contributed by atoms with Crippen molar-refractivity contribution in [2.45, 2.75) is 12.8 Å². The van der Waals surface area contributed by atoms with Crippen LogP contribution in [-0.2, 0) is 19.7 Å². The maximum Gasteiger partial charge on any atom is 0.311 e. The minimum atomic E-state index is -4.59. The van der Waals surface area contributed by atoms with E-state index in [2.05, 4.69) is 6.58 Å². The number of rotatable bonds is 7. The first-order valence-electron chi connectivity index (χ1n) is 4.14. The Morgan fingerprint density at radius 1 is 1.31 bits per heavy atom. The van der Waals surface area contributed by atoms with Crippen molar-refractivity contribution in [3.63, 3.8) is 0 Å². The van der Waals surface area contributed by atoms with Gasteiger partial charge in [0.1, 0.15) is 0 Å². The fourth-order valence-corrected chi connectivity index (χ4v) is 2.36.